The first-order valence-corrected chi connectivity index (χ1v) is 3.82. The second-order valence-corrected chi connectivity index (χ2v) is 3.34. The second kappa shape index (κ2) is 7.50. The molecule has 0 radical (unpaired) electrons. The highest BCUT2D eigenvalue weighted by Crippen LogP contribution is 2.23. The van der Waals surface area contributed by atoms with Gasteiger partial charge in [-0.2, -0.15) is 0 Å². The molecule has 0 amide bonds. The topological polar surface area (TPSA) is 0 Å². The van der Waals surface area contributed by atoms with Crippen molar-refractivity contribution in [2.45, 2.75) is 37.8 Å². The van der Waals surface area contributed by atoms with E-state index in [1.165, 1.54) is 32.1 Å². The van der Waals surface area contributed by atoms with E-state index in [1.807, 2.05) is 0 Å². The largest absolute Gasteiger partial charge is 0.134 e. The summed E-state index contributed by atoms with van der Waals surface area (Å²) in [4.78, 5) is 0. The fourth-order valence-electron chi connectivity index (χ4n) is 1.13. The molecule has 9 heavy (non-hydrogen) atoms. The third-order valence-corrected chi connectivity index (χ3v) is 2.32. The Hall–Kier alpha value is 1.39. The van der Waals surface area contributed by atoms with Crippen LogP contribution in [0.3, 0.4) is 0 Å². The van der Waals surface area contributed by atoms with E-state index < -0.39 is 0 Å². The lowest BCUT2D eigenvalue weighted by atomic mass is 10.0. The maximum Gasteiger partial charge on any atom is -0.0264 e. The highest BCUT2D eigenvalue weighted by molar-refractivity contribution is 8.93. The van der Waals surface area contributed by atoms with Crippen molar-refractivity contribution in [3.05, 3.63) is 0 Å². The summed E-state index contributed by atoms with van der Waals surface area (Å²) in [6, 6.07) is 0. The van der Waals surface area contributed by atoms with Crippen molar-refractivity contribution in [1.29, 1.82) is 0 Å². The Labute approximate surface area is 80.9 Å². The molecule has 0 nitrogen and oxygen atoms in total. The van der Waals surface area contributed by atoms with Gasteiger partial charge in [-0.1, -0.05) is 19.3 Å². The number of hydrogen-bond donors (Lipinski definition) is 0. The van der Waals surface area contributed by atoms with Gasteiger partial charge in [0.2, 0.25) is 0 Å². The third-order valence-electron chi connectivity index (χ3n) is 1.65. The molecule has 0 aromatic rings. The average molecular weight is 278 g/mol. The first kappa shape index (κ1) is 13.0. The third kappa shape index (κ3) is 5.82. The molecular formula is C6H15Br2P. The van der Waals surface area contributed by atoms with Crippen LogP contribution in [0.5, 0.6) is 0 Å². The maximum atomic E-state index is 2.91. The van der Waals surface area contributed by atoms with Crippen LogP contribution in [0.1, 0.15) is 32.1 Å². The lowest BCUT2D eigenvalue weighted by Crippen LogP contribution is -2.02. The van der Waals surface area contributed by atoms with Crippen LogP contribution in [0.4, 0.5) is 0 Å². The predicted octanol–water partition coefficient (Wildman–Crippen LogP) is 3.35. The summed E-state index contributed by atoms with van der Waals surface area (Å²) >= 11 is 0. The summed E-state index contributed by atoms with van der Waals surface area (Å²) in [5, 5.41) is 0. The van der Waals surface area contributed by atoms with Gasteiger partial charge in [-0.05, 0) is 18.5 Å². The normalized spacial score (nSPS) is 19.7. The van der Waals surface area contributed by atoms with Crippen molar-refractivity contribution in [3.8, 4) is 0 Å². The summed E-state index contributed by atoms with van der Waals surface area (Å²) in [6.07, 6.45) is 7.31. The van der Waals surface area contributed by atoms with Crippen LogP contribution >= 0.6 is 43.2 Å². The molecule has 0 N–H and O–H groups in total. The molecule has 1 fully saturated rings. The predicted molar refractivity (Wildman–Crippen MR) is 57.2 cm³/mol. The monoisotopic (exact) mass is 276 g/mol. The average Bonchev–Trinajstić information content (AvgIpc) is 1.69. The van der Waals surface area contributed by atoms with Crippen molar-refractivity contribution in [2.75, 3.05) is 0 Å². The van der Waals surface area contributed by atoms with E-state index >= 15 is 0 Å². The smallest absolute Gasteiger partial charge is 0.0264 e. The van der Waals surface area contributed by atoms with Gasteiger partial charge in [0.25, 0.3) is 0 Å². The molecule has 0 spiro atoms. The van der Waals surface area contributed by atoms with Crippen molar-refractivity contribution >= 4 is 43.2 Å². The molecule has 1 unspecified atom stereocenters. The molecule has 0 aromatic carbocycles. The zero-order valence-corrected chi connectivity index (χ0v) is 10.1. The molecule has 1 atom stereocenters. The van der Waals surface area contributed by atoms with E-state index in [1.54, 1.807) is 0 Å². The summed E-state index contributed by atoms with van der Waals surface area (Å²) in [7, 11) is 2.91. The molecular weight excluding hydrogens is 263 g/mol. The fraction of sp³-hybridized carbons (Fsp3) is 1.00. The quantitative estimate of drug-likeness (QED) is 0.596. The molecule has 1 rings (SSSR count). The van der Waals surface area contributed by atoms with Gasteiger partial charge in [-0.3, -0.25) is 0 Å². The highest BCUT2D eigenvalue weighted by atomic mass is 79.9. The first-order valence-electron chi connectivity index (χ1n) is 3.15. The van der Waals surface area contributed by atoms with Crippen LogP contribution in [0, 0.1) is 0 Å². The van der Waals surface area contributed by atoms with E-state index in [4.69, 9.17) is 0 Å². The van der Waals surface area contributed by atoms with Crippen LogP contribution in [-0.4, -0.2) is 5.66 Å². The molecule has 1 saturated carbocycles. The Morgan fingerprint density at radius 2 is 1.33 bits per heavy atom. The van der Waals surface area contributed by atoms with Crippen molar-refractivity contribution in [2.24, 2.45) is 0 Å². The van der Waals surface area contributed by atoms with Gasteiger partial charge in [0.15, 0.2) is 0 Å². The van der Waals surface area contributed by atoms with Crippen LogP contribution in [0.25, 0.3) is 0 Å². The van der Waals surface area contributed by atoms with E-state index in [2.05, 4.69) is 9.24 Å². The van der Waals surface area contributed by atoms with Gasteiger partial charge in [0.05, 0.1) is 0 Å². The maximum absolute atomic E-state index is 2.91. The molecule has 0 heterocycles. The number of rotatable bonds is 0. The Kier molecular flexibility index (Phi) is 10.8. The Morgan fingerprint density at radius 3 is 1.56 bits per heavy atom. The summed E-state index contributed by atoms with van der Waals surface area (Å²) in [6.45, 7) is 0. The molecule has 3 heteroatoms. The molecule has 0 aliphatic heterocycles. The SMILES string of the molecule is Br.Br.PC1CCCCC1. The van der Waals surface area contributed by atoms with E-state index in [0.29, 0.717) is 0 Å². The van der Waals surface area contributed by atoms with E-state index in [-0.39, 0.29) is 34.0 Å². The van der Waals surface area contributed by atoms with E-state index in [9.17, 15) is 0 Å². The van der Waals surface area contributed by atoms with Gasteiger partial charge in [-0.25, -0.2) is 0 Å². The van der Waals surface area contributed by atoms with Gasteiger partial charge in [0, 0.05) is 0 Å². The minimum absolute atomic E-state index is 0. The van der Waals surface area contributed by atoms with Gasteiger partial charge in [-0.15, -0.1) is 43.2 Å². The van der Waals surface area contributed by atoms with Crippen molar-refractivity contribution in [1.82, 2.24) is 0 Å². The van der Waals surface area contributed by atoms with Gasteiger partial charge < -0.3 is 0 Å². The van der Waals surface area contributed by atoms with Crippen LogP contribution in [0.2, 0.25) is 0 Å². The zero-order chi connectivity index (χ0) is 5.11. The van der Waals surface area contributed by atoms with Crippen molar-refractivity contribution in [3.63, 3.8) is 0 Å². The molecule has 1 aliphatic carbocycles. The standard InChI is InChI=1S/C6H13P.2BrH/c7-6-4-2-1-3-5-6;;/h6H,1-5,7H2;2*1H. The molecule has 0 aromatic heterocycles. The Morgan fingerprint density at radius 1 is 0.889 bits per heavy atom. The summed E-state index contributed by atoms with van der Waals surface area (Å²) < 4.78 is 0. The van der Waals surface area contributed by atoms with Crippen molar-refractivity contribution < 1.29 is 0 Å². The minimum Gasteiger partial charge on any atom is -0.134 e. The zero-order valence-electron chi connectivity index (χ0n) is 5.51. The Balaban J connectivity index is 0. The number of hydrogen-bond acceptors (Lipinski definition) is 0. The van der Waals surface area contributed by atoms with Crippen LogP contribution in [0.15, 0.2) is 0 Å². The summed E-state index contributed by atoms with van der Waals surface area (Å²) in [5.41, 5.74) is 0.953. The van der Waals surface area contributed by atoms with Crippen LogP contribution in [-0.2, 0) is 0 Å². The molecule has 0 saturated heterocycles. The molecule has 1 aliphatic rings. The lowest BCUT2D eigenvalue weighted by Gasteiger charge is -2.15. The lowest BCUT2D eigenvalue weighted by molar-refractivity contribution is 0.516. The number of halogens is 2. The molecule has 0 bridgehead atoms. The Bertz CT molecular complexity index is 53.0. The first-order chi connectivity index (χ1) is 3.39. The second-order valence-electron chi connectivity index (χ2n) is 2.40. The van der Waals surface area contributed by atoms with Crippen LogP contribution < -0.4 is 0 Å². The fourth-order valence-corrected chi connectivity index (χ4v) is 1.61. The summed E-state index contributed by atoms with van der Waals surface area (Å²) in [5.74, 6) is 0. The van der Waals surface area contributed by atoms with E-state index in [0.717, 1.165) is 5.66 Å². The van der Waals surface area contributed by atoms with Gasteiger partial charge in [0.1, 0.15) is 0 Å². The highest BCUT2D eigenvalue weighted by Gasteiger charge is 2.06. The molecule has 58 valence electrons. The minimum atomic E-state index is 0. The van der Waals surface area contributed by atoms with Gasteiger partial charge >= 0.3 is 0 Å².